The molecule has 1 fully saturated rings. The maximum Gasteiger partial charge on any atom is 0.249 e. The highest BCUT2D eigenvalue weighted by molar-refractivity contribution is 5.94. The van der Waals surface area contributed by atoms with Crippen molar-refractivity contribution in [3.8, 4) is 0 Å². The second kappa shape index (κ2) is 8.61. The molecule has 0 saturated carbocycles. The summed E-state index contributed by atoms with van der Waals surface area (Å²) < 4.78 is 1.83. The first-order chi connectivity index (χ1) is 15.2. The Hall–Kier alpha value is -3.03. The number of pyridine rings is 1. The van der Waals surface area contributed by atoms with Crippen LogP contribution in [0.25, 0.3) is 0 Å². The van der Waals surface area contributed by atoms with E-state index in [4.69, 9.17) is 0 Å². The minimum atomic E-state index is -0.540. The minimum absolute atomic E-state index is 0.0140. The van der Waals surface area contributed by atoms with Crippen molar-refractivity contribution in [3.63, 3.8) is 0 Å². The Morgan fingerprint density at radius 1 is 1.16 bits per heavy atom. The molecule has 0 radical (unpaired) electrons. The molecule has 1 saturated heterocycles. The molecule has 7 heteroatoms. The number of carbonyl (C=O) groups excluding carboxylic acids is 1. The molecule has 4 unspecified atom stereocenters. The van der Waals surface area contributed by atoms with Gasteiger partial charge in [0.05, 0.1) is 6.10 Å². The number of rotatable bonds is 6. The number of hydrogen-bond donors (Lipinski definition) is 3. The third kappa shape index (κ3) is 4.24. The van der Waals surface area contributed by atoms with Crippen LogP contribution in [0.3, 0.4) is 0 Å². The van der Waals surface area contributed by atoms with E-state index in [2.05, 4.69) is 32.8 Å². The van der Waals surface area contributed by atoms with Gasteiger partial charge in [-0.3, -0.25) is 14.5 Å². The van der Waals surface area contributed by atoms with Crippen molar-refractivity contribution in [2.45, 2.75) is 56.3 Å². The van der Waals surface area contributed by atoms with Gasteiger partial charge in [0.1, 0.15) is 6.04 Å². The van der Waals surface area contributed by atoms with Crippen molar-refractivity contribution in [2.75, 3.05) is 5.32 Å². The highest BCUT2D eigenvalue weighted by Gasteiger charge is 2.30. The Balaban J connectivity index is 1.15. The molecule has 5 rings (SSSR count). The second-order valence-electron chi connectivity index (χ2n) is 8.49. The zero-order valence-electron chi connectivity index (χ0n) is 17.3. The molecular weight excluding hydrogens is 390 g/mol. The topological polar surface area (TPSA) is 92.1 Å². The second-order valence-corrected chi connectivity index (χ2v) is 8.49. The van der Waals surface area contributed by atoms with Gasteiger partial charge >= 0.3 is 0 Å². The van der Waals surface area contributed by atoms with Gasteiger partial charge in [0.15, 0.2) is 0 Å². The number of anilines is 1. The third-order valence-corrected chi connectivity index (χ3v) is 6.41. The molecule has 0 bridgehead atoms. The molecular formula is C24H27N5O2. The van der Waals surface area contributed by atoms with Gasteiger partial charge in [0.2, 0.25) is 5.91 Å². The Morgan fingerprint density at radius 2 is 2.03 bits per heavy atom. The Labute approximate surface area is 181 Å². The standard InChI is InChI=1S/C24H27N5O2/c30-23(17-2-1-12-25-15-17)21-9-7-19(27-21)14-16-3-5-18(6-4-16)28-24(31)22-10-8-20-11-13-26-29(20)22/h1-6,11-13,15,19,21-23,27,30H,7-10,14H2,(H,28,31). The predicted octanol–water partition coefficient (Wildman–Crippen LogP) is 2.80. The van der Waals surface area contributed by atoms with Gasteiger partial charge in [-0.2, -0.15) is 5.10 Å². The molecule has 2 aliphatic heterocycles. The van der Waals surface area contributed by atoms with Crippen LogP contribution in [-0.4, -0.2) is 37.9 Å². The van der Waals surface area contributed by atoms with Crippen molar-refractivity contribution in [2.24, 2.45) is 0 Å². The van der Waals surface area contributed by atoms with Crippen LogP contribution in [0.4, 0.5) is 5.69 Å². The lowest BCUT2D eigenvalue weighted by molar-refractivity contribution is -0.119. The fraction of sp³-hybridized carbons (Fsp3) is 0.375. The normalized spacial score (nSPS) is 23.5. The van der Waals surface area contributed by atoms with E-state index in [-0.39, 0.29) is 18.0 Å². The van der Waals surface area contributed by atoms with Crippen LogP contribution in [0.2, 0.25) is 0 Å². The zero-order valence-corrected chi connectivity index (χ0v) is 17.3. The molecule has 0 aliphatic carbocycles. The molecule has 4 atom stereocenters. The van der Waals surface area contributed by atoms with E-state index in [1.165, 1.54) is 5.56 Å². The summed E-state index contributed by atoms with van der Waals surface area (Å²) in [5.74, 6) is -0.0140. The summed E-state index contributed by atoms with van der Waals surface area (Å²) in [6.07, 6.45) is 9.20. The molecule has 160 valence electrons. The van der Waals surface area contributed by atoms with E-state index in [9.17, 15) is 9.90 Å². The van der Waals surface area contributed by atoms with E-state index in [1.54, 1.807) is 18.6 Å². The molecule has 31 heavy (non-hydrogen) atoms. The number of aryl methyl sites for hydroxylation is 1. The van der Waals surface area contributed by atoms with Gasteiger partial charge in [0.25, 0.3) is 0 Å². The molecule has 2 aromatic heterocycles. The van der Waals surface area contributed by atoms with Crippen LogP contribution in [0.15, 0.2) is 61.1 Å². The fourth-order valence-corrected chi connectivity index (χ4v) is 4.75. The van der Waals surface area contributed by atoms with E-state index in [1.807, 2.05) is 35.0 Å². The summed E-state index contributed by atoms with van der Waals surface area (Å²) in [5.41, 5.74) is 3.98. The van der Waals surface area contributed by atoms with E-state index < -0.39 is 6.10 Å². The molecule has 3 N–H and O–H groups in total. The smallest absolute Gasteiger partial charge is 0.249 e. The molecule has 1 aromatic carbocycles. The first-order valence-corrected chi connectivity index (χ1v) is 10.9. The lowest BCUT2D eigenvalue weighted by Crippen LogP contribution is -2.35. The maximum atomic E-state index is 12.6. The third-order valence-electron chi connectivity index (χ3n) is 6.41. The number of hydrogen-bond acceptors (Lipinski definition) is 5. The summed E-state index contributed by atoms with van der Waals surface area (Å²) in [4.78, 5) is 16.7. The SMILES string of the molecule is O=C(Nc1ccc(CC2CCC(C(O)c3cccnc3)N2)cc1)C1CCc2ccnn21. The number of fused-ring (bicyclic) bond motifs is 1. The first-order valence-electron chi connectivity index (χ1n) is 10.9. The van der Waals surface area contributed by atoms with E-state index in [0.29, 0.717) is 6.04 Å². The van der Waals surface area contributed by atoms with Gasteiger partial charge in [-0.15, -0.1) is 0 Å². The van der Waals surface area contributed by atoms with Crippen LogP contribution in [0, 0.1) is 0 Å². The lowest BCUT2D eigenvalue weighted by Gasteiger charge is -2.20. The van der Waals surface area contributed by atoms with Crippen LogP contribution in [-0.2, 0) is 17.6 Å². The molecule has 0 spiro atoms. The highest BCUT2D eigenvalue weighted by atomic mass is 16.3. The number of nitrogens with one attached hydrogen (secondary N) is 2. The molecule has 1 amide bonds. The molecule has 7 nitrogen and oxygen atoms in total. The summed E-state index contributed by atoms with van der Waals surface area (Å²) in [5, 5.41) is 21.5. The van der Waals surface area contributed by atoms with Crippen molar-refractivity contribution in [1.29, 1.82) is 0 Å². The van der Waals surface area contributed by atoms with Gasteiger partial charge in [-0.25, -0.2) is 0 Å². The van der Waals surface area contributed by atoms with Gasteiger partial charge < -0.3 is 15.7 Å². The number of nitrogens with zero attached hydrogens (tertiary/aromatic N) is 3. The summed E-state index contributed by atoms with van der Waals surface area (Å²) in [6, 6.07) is 13.9. The largest absolute Gasteiger partial charge is 0.387 e. The van der Waals surface area contributed by atoms with Crippen molar-refractivity contribution < 1.29 is 9.90 Å². The lowest BCUT2D eigenvalue weighted by atomic mass is 10.0. The van der Waals surface area contributed by atoms with Gasteiger partial charge in [-0.05, 0) is 61.9 Å². The van der Waals surface area contributed by atoms with Crippen LogP contribution >= 0.6 is 0 Å². The molecule has 4 heterocycles. The molecule has 3 aromatic rings. The van der Waals surface area contributed by atoms with Crippen LogP contribution in [0.1, 0.15) is 48.2 Å². The number of aliphatic hydroxyl groups is 1. The summed E-state index contributed by atoms with van der Waals surface area (Å²) >= 11 is 0. The summed E-state index contributed by atoms with van der Waals surface area (Å²) in [7, 11) is 0. The highest BCUT2D eigenvalue weighted by Crippen LogP contribution is 2.28. The van der Waals surface area contributed by atoms with Crippen molar-refractivity contribution >= 4 is 11.6 Å². The Kier molecular flexibility index (Phi) is 5.53. The van der Waals surface area contributed by atoms with Crippen LogP contribution in [0.5, 0.6) is 0 Å². The molecule has 2 aliphatic rings. The number of aliphatic hydroxyl groups excluding tert-OH is 1. The minimum Gasteiger partial charge on any atom is -0.387 e. The van der Waals surface area contributed by atoms with E-state index >= 15 is 0 Å². The average Bonchev–Trinajstić information content (AvgIpc) is 3.52. The first kappa shape index (κ1) is 19.9. The van der Waals surface area contributed by atoms with Crippen molar-refractivity contribution in [3.05, 3.63) is 77.9 Å². The number of carbonyl (C=O) groups is 1. The zero-order chi connectivity index (χ0) is 21.2. The predicted molar refractivity (Wildman–Crippen MR) is 118 cm³/mol. The fourth-order valence-electron chi connectivity index (χ4n) is 4.75. The van der Waals surface area contributed by atoms with Gasteiger partial charge in [0, 0.05) is 47.6 Å². The monoisotopic (exact) mass is 417 g/mol. The summed E-state index contributed by atoms with van der Waals surface area (Å²) in [6.45, 7) is 0. The van der Waals surface area contributed by atoms with Crippen molar-refractivity contribution in [1.82, 2.24) is 20.1 Å². The number of aromatic nitrogens is 3. The van der Waals surface area contributed by atoms with Gasteiger partial charge in [-0.1, -0.05) is 18.2 Å². The Bertz CT molecular complexity index is 1030. The number of benzene rings is 1. The number of amides is 1. The maximum absolute atomic E-state index is 12.6. The van der Waals surface area contributed by atoms with Crippen LogP contribution < -0.4 is 10.6 Å². The quantitative estimate of drug-likeness (QED) is 0.574. The van der Waals surface area contributed by atoms with E-state index in [0.717, 1.165) is 49.0 Å². The average molecular weight is 418 g/mol. The Morgan fingerprint density at radius 3 is 2.84 bits per heavy atom.